The number of carbonyl (C=O) groups is 1. The summed E-state index contributed by atoms with van der Waals surface area (Å²) in [6.07, 6.45) is 6.43. The molecule has 1 N–H and O–H groups in total. The lowest BCUT2D eigenvalue weighted by atomic mass is 10.2. The summed E-state index contributed by atoms with van der Waals surface area (Å²) >= 11 is 0. The second-order valence-electron chi connectivity index (χ2n) is 3.21. The fourth-order valence-electron chi connectivity index (χ4n) is 1.07. The molecule has 0 bridgehead atoms. The molecular formula is C11H21NO2. The van der Waals surface area contributed by atoms with Crippen molar-refractivity contribution in [1.82, 2.24) is 5.32 Å². The van der Waals surface area contributed by atoms with Crippen molar-refractivity contribution >= 4 is 5.97 Å². The van der Waals surface area contributed by atoms with E-state index in [1.165, 1.54) is 19.3 Å². The Hall–Kier alpha value is -0.830. The van der Waals surface area contributed by atoms with Gasteiger partial charge < -0.3 is 10.1 Å². The average Bonchev–Trinajstić information content (AvgIpc) is 2.20. The van der Waals surface area contributed by atoms with Gasteiger partial charge in [0.25, 0.3) is 0 Å². The van der Waals surface area contributed by atoms with Crippen molar-refractivity contribution < 1.29 is 9.53 Å². The van der Waals surface area contributed by atoms with E-state index in [4.69, 9.17) is 4.74 Å². The highest BCUT2D eigenvalue weighted by atomic mass is 16.5. The van der Waals surface area contributed by atoms with Gasteiger partial charge in [0, 0.05) is 0 Å². The van der Waals surface area contributed by atoms with Crippen molar-refractivity contribution in [2.75, 3.05) is 19.7 Å². The van der Waals surface area contributed by atoms with E-state index in [1.54, 1.807) is 6.08 Å². The summed E-state index contributed by atoms with van der Waals surface area (Å²) in [5.41, 5.74) is 0. The van der Waals surface area contributed by atoms with Crippen LogP contribution in [0.1, 0.15) is 32.6 Å². The van der Waals surface area contributed by atoms with Gasteiger partial charge in [-0.3, -0.25) is 4.79 Å². The summed E-state index contributed by atoms with van der Waals surface area (Å²) in [7, 11) is 0. The highest BCUT2D eigenvalue weighted by Crippen LogP contribution is 1.96. The molecular weight excluding hydrogens is 178 g/mol. The number of ether oxygens (including phenoxy) is 1. The zero-order chi connectivity index (χ0) is 10.6. The number of hydrogen-bond acceptors (Lipinski definition) is 3. The summed E-state index contributed by atoms with van der Waals surface area (Å²) in [6.45, 7) is 7.15. The van der Waals surface area contributed by atoms with Gasteiger partial charge in [-0.05, 0) is 13.0 Å². The minimum Gasteiger partial charge on any atom is -0.461 e. The van der Waals surface area contributed by atoms with Crippen molar-refractivity contribution in [1.29, 1.82) is 0 Å². The van der Waals surface area contributed by atoms with Crippen LogP contribution in [0.25, 0.3) is 0 Å². The lowest BCUT2D eigenvalue weighted by molar-refractivity contribution is -0.141. The molecule has 0 heterocycles. The number of carbonyl (C=O) groups excluding carboxylic acids is 1. The number of hydrogen-bond donors (Lipinski definition) is 1. The van der Waals surface area contributed by atoms with Crippen molar-refractivity contribution in [3.63, 3.8) is 0 Å². The second kappa shape index (κ2) is 10.3. The van der Waals surface area contributed by atoms with Crippen molar-refractivity contribution in [2.45, 2.75) is 32.6 Å². The molecule has 3 heteroatoms. The molecule has 0 aliphatic carbocycles. The van der Waals surface area contributed by atoms with Crippen LogP contribution in [-0.2, 0) is 9.53 Å². The van der Waals surface area contributed by atoms with E-state index >= 15 is 0 Å². The maximum Gasteiger partial charge on any atom is 0.320 e. The van der Waals surface area contributed by atoms with Crippen LogP contribution in [0.5, 0.6) is 0 Å². The minimum atomic E-state index is -0.208. The number of rotatable bonds is 9. The standard InChI is InChI=1S/C11H21NO2/c1-3-5-6-7-8-12-10-11(13)14-9-4-2/h4,12H,2-3,5-10H2,1H3. The third-order valence-electron chi connectivity index (χ3n) is 1.84. The van der Waals surface area contributed by atoms with Gasteiger partial charge in [-0.25, -0.2) is 0 Å². The Bertz CT molecular complexity index is 157. The van der Waals surface area contributed by atoms with E-state index in [0.717, 1.165) is 13.0 Å². The number of esters is 1. The Kier molecular flexibility index (Phi) is 9.64. The Morgan fingerprint density at radius 1 is 1.43 bits per heavy atom. The third kappa shape index (κ3) is 9.26. The molecule has 0 rings (SSSR count). The maximum absolute atomic E-state index is 11.0. The molecule has 0 saturated carbocycles. The molecule has 0 fully saturated rings. The molecule has 0 aromatic carbocycles. The first kappa shape index (κ1) is 13.2. The SMILES string of the molecule is C=CCOC(=O)CNCCCCCC. The lowest BCUT2D eigenvalue weighted by Crippen LogP contribution is -2.25. The molecule has 0 radical (unpaired) electrons. The number of nitrogens with one attached hydrogen (secondary N) is 1. The van der Waals surface area contributed by atoms with Crippen LogP contribution in [0.2, 0.25) is 0 Å². The summed E-state index contributed by atoms with van der Waals surface area (Å²) in [6, 6.07) is 0. The minimum absolute atomic E-state index is 0.208. The van der Waals surface area contributed by atoms with E-state index in [-0.39, 0.29) is 5.97 Å². The van der Waals surface area contributed by atoms with Gasteiger partial charge in [-0.1, -0.05) is 38.8 Å². The molecule has 0 atom stereocenters. The summed E-state index contributed by atoms with van der Waals surface area (Å²) in [5, 5.41) is 3.04. The van der Waals surface area contributed by atoms with Crippen LogP contribution >= 0.6 is 0 Å². The smallest absolute Gasteiger partial charge is 0.320 e. The molecule has 0 spiro atoms. The largest absolute Gasteiger partial charge is 0.461 e. The molecule has 0 saturated heterocycles. The molecule has 3 nitrogen and oxygen atoms in total. The Morgan fingerprint density at radius 2 is 2.21 bits per heavy atom. The molecule has 0 aliphatic heterocycles. The van der Waals surface area contributed by atoms with Gasteiger partial charge in [-0.15, -0.1) is 0 Å². The zero-order valence-electron chi connectivity index (χ0n) is 9.05. The zero-order valence-corrected chi connectivity index (χ0v) is 9.05. The van der Waals surface area contributed by atoms with Crippen molar-refractivity contribution in [3.8, 4) is 0 Å². The Labute approximate surface area is 86.5 Å². The first-order valence-corrected chi connectivity index (χ1v) is 5.28. The maximum atomic E-state index is 11.0. The number of unbranched alkanes of at least 4 members (excludes halogenated alkanes) is 3. The van der Waals surface area contributed by atoms with E-state index in [0.29, 0.717) is 13.2 Å². The van der Waals surface area contributed by atoms with Crippen LogP contribution in [0.4, 0.5) is 0 Å². The van der Waals surface area contributed by atoms with Gasteiger partial charge in [0.1, 0.15) is 6.61 Å². The van der Waals surface area contributed by atoms with Gasteiger partial charge >= 0.3 is 5.97 Å². The average molecular weight is 199 g/mol. The van der Waals surface area contributed by atoms with Crippen LogP contribution in [0.15, 0.2) is 12.7 Å². The highest BCUT2D eigenvalue weighted by molar-refractivity contribution is 5.71. The summed E-state index contributed by atoms with van der Waals surface area (Å²) < 4.78 is 4.80. The third-order valence-corrected chi connectivity index (χ3v) is 1.84. The molecule has 14 heavy (non-hydrogen) atoms. The van der Waals surface area contributed by atoms with E-state index < -0.39 is 0 Å². The highest BCUT2D eigenvalue weighted by Gasteiger charge is 1.99. The first-order chi connectivity index (χ1) is 6.81. The Morgan fingerprint density at radius 3 is 2.86 bits per heavy atom. The van der Waals surface area contributed by atoms with Crippen LogP contribution in [0.3, 0.4) is 0 Å². The summed E-state index contributed by atoms with van der Waals surface area (Å²) in [5.74, 6) is -0.208. The van der Waals surface area contributed by atoms with E-state index in [9.17, 15) is 4.79 Å². The molecule has 82 valence electrons. The lowest BCUT2D eigenvalue weighted by Gasteiger charge is -2.03. The molecule has 0 unspecified atom stereocenters. The van der Waals surface area contributed by atoms with Gasteiger partial charge in [0.05, 0.1) is 6.54 Å². The summed E-state index contributed by atoms with van der Waals surface area (Å²) in [4.78, 5) is 11.0. The molecule has 0 amide bonds. The first-order valence-electron chi connectivity index (χ1n) is 5.28. The van der Waals surface area contributed by atoms with Crippen LogP contribution in [-0.4, -0.2) is 25.7 Å². The fraction of sp³-hybridized carbons (Fsp3) is 0.727. The van der Waals surface area contributed by atoms with Gasteiger partial charge in [0.15, 0.2) is 0 Å². The topological polar surface area (TPSA) is 38.3 Å². The monoisotopic (exact) mass is 199 g/mol. The normalized spacial score (nSPS) is 9.79. The van der Waals surface area contributed by atoms with Crippen LogP contribution in [0, 0.1) is 0 Å². The molecule has 0 aromatic rings. The van der Waals surface area contributed by atoms with Gasteiger partial charge in [-0.2, -0.15) is 0 Å². The predicted molar refractivity (Wildman–Crippen MR) is 58.2 cm³/mol. The van der Waals surface area contributed by atoms with E-state index in [1.807, 2.05) is 0 Å². The second-order valence-corrected chi connectivity index (χ2v) is 3.21. The fourth-order valence-corrected chi connectivity index (χ4v) is 1.07. The van der Waals surface area contributed by atoms with Crippen LogP contribution < -0.4 is 5.32 Å². The van der Waals surface area contributed by atoms with Gasteiger partial charge in [0.2, 0.25) is 0 Å². The Balaban J connectivity index is 3.10. The molecule has 0 aromatic heterocycles. The quantitative estimate of drug-likeness (QED) is 0.350. The predicted octanol–water partition coefficient (Wildman–Crippen LogP) is 1.89. The van der Waals surface area contributed by atoms with E-state index in [2.05, 4.69) is 18.8 Å². The van der Waals surface area contributed by atoms with Crippen molar-refractivity contribution in [3.05, 3.63) is 12.7 Å². The molecule has 0 aliphatic rings. The van der Waals surface area contributed by atoms with Crippen molar-refractivity contribution in [2.24, 2.45) is 0 Å².